The lowest BCUT2D eigenvalue weighted by Crippen LogP contribution is -2.27. The number of amides is 2. The van der Waals surface area contributed by atoms with E-state index < -0.39 is 0 Å². The predicted molar refractivity (Wildman–Crippen MR) is 97.0 cm³/mol. The number of anilines is 1. The van der Waals surface area contributed by atoms with Gasteiger partial charge in [0.1, 0.15) is 12.2 Å². The first-order valence-corrected chi connectivity index (χ1v) is 8.23. The summed E-state index contributed by atoms with van der Waals surface area (Å²) in [6.45, 7) is 2.26. The summed E-state index contributed by atoms with van der Waals surface area (Å²) >= 11 is 3.37. The molecule has 24 heavy (non-hydrogen) atoms. The molecule has 0 unspecified atom stereocenters. The second-order valence-electron chi connectivity index (χ2n) is 5.31. The Hall–Kier alpha value is -2.34. The number of halogens is 1. The van der Waals surface area contributed by atoms with E-state index in [9.17, 15) is 9.59 Å². The highest BCUT2D eigenvalue weighted by Gasteiger charge is 2.10. The lowest BCUT2D eigenvalue weighted by Gasteiger charge is -2.09. The van der Waals surface area contributed by atoms with Crippen molar-refractivity contribution in [1.82, 2.24) is 5.32 Å². The Labute approximate surface area is 149 Å². The number of benzene rings is 2. The Morgan fingerprint density at radius 2 is 1.79 bits per heavy atom. The van der Waals surface area contributed by atoms with Crippen molar-refractivity contribution in [1.29, 1.82) is 0 Å². The van der Waals surface area contributed by atoms with Crippen LogP contribution in [-0.4, -0.2) is 18.9 Å². The van der Waals surface area contributed by atoms with Gasteiger partial charge in [0.05, 0.1) is 7.11 Å². The van der Waals surface area contributed by atoms with Gasteiger partial charge in [-0.15, -0.1) is 0 Å². The average Bonchev–Trinajstić information content (AvgIpc) is 2.56. The molecule has 0 aromatic heterocycles. The van der Waals surface area contributed by atoms with E-state index in [1.54, 1.807) is 13.2 Å². The van der Waals surface area contributed by atoms with E-state index in [1.807, 2.05) is 43.3 Å². The van der Waals surface area contributed by atoms with Gasteiger partial charge in [0.25, 0.3) is 0 Å². The number of ether oxygens (including phenoxy) is 1. The second kappa shape index (κ2) is 8.49. The van der Waals surface area contributed by atoms with Crippen molar-refractivity contribution < 1.29 is 14.3 Å². The molecule has 2 aromatic carbocycles. The van der Waals surface area contributed by atoms with Crippen molar-refractivity contribution in [2.24, 2.45) is 0 Å². The smallest absolute Gasteiger partial charge is 0.233 e. The number of carbonyl (C=O) groups is 2. The molecule has 0 radical (unpaired) electrons. The minimum Gasteiger partial charge on any atom is -0.497 e. The van der Waals surface area contributed by atoms with Gasteiger partial charge in [0.2, 0.25) is 11.8 Å². The summed E-state index contributed by atoms with van der Waals surface area (Å²) in [5, 5.41) is 5.47. The van der Waals surface area contributed by atoms with Crippen LogP contribution in [0, 0.1) is 6.92 Å². The van der Waals surface area contributed by atoms with Gasteiger partial charge in [-0.3, -0.25) is 9.59 Å². The van der Waals surface area contributed by atoms with Crippen LogP contribution in [0.1, 0.15) is 17.5 Å². The number of aryl methyl sites for hydroxylation is 1. The number of hydrogen-bond acceptors (Lipinski definition) is 3. The fourth-order valence-electron chi connectivity index (χ4n) is 2.11. The van der Waals surface area contributed by atoms with E-state index in [-0.39, 0.29) is 18.2 Å². The van der Waals surface area contributed by atoms with E-state index in [4.69, 9.17) is 4.74 Å². The summed E-state index contributed by atoms with van der Waals surface area (Å²) < 4.78 is 6.02. The van der Waals surface area contributed by atoms with Crippen LogP contribution < -0.4 is 15.4 Å². The summed E-state index contributed by atoms with van der Waals surface area (Å²) in [6.07, 6.45) is -0.217. The van der Waals surface area contributed by atoms with Crippen molar-refractivity contribution in [3.63, 3.8) is 0 Å². The molecule has 0 fully saturated rings. The van der Waals surface area contributed by atoms with E-state index in [2.05, 4.69) is 26.6 Å². The van der Waals surface area contributed by atoms with Crippen LogP contribution in [0.2, 0.25) is 0 Å². The topological polar surface area (TPSA) is 67.4 Å². The van der Waals surface area contributed by atoms with Gasteiger partial charge in [-0.25, -0.2) is 0 Å². The standard InChI is InChI=1S/C18H19BrN2O3/c1-12-9-14(19)5-8-16(12)21-18(23)10-17(22)20-11-13-3-6-15(24-2)7-4-13/h3-9H,10-11H2,1-2H3,(H,20,22)(H,21,23). The zero-order valence-electron chi connectivity index (χ0n) is 13.6. The summed E-state index contributed by atoms with van der Waals surface area (Å²) in [6, 6.07) is 12.9. The van der Waals surface area contributed by atoms with Gasteiger partial charge in [-0.1, -0.05) is 28.1 Å². The Morgan fingerprint density at radius 3 is 2.42 bits per heavy atom. The van der Waals surface area contributed by atoms with Crippen LogP contribution in [0.4, 0.5) is 5.69 Å². The number of methoxy groups -OCH3 is 1. The molecule has 0 saturated carbocycles. The Balaban J connectivity index is 1.81. The van der Waals surface area contributed by atoms with Gasteiger partial charge >= 0.3 is 0 Å². The number of carbonyl (C=O) groups excluding carboxylic acids is 2. The largest absolute Gasteiger partial charge is 0.497 e. The summed E-state index contributed by atoms with van der Waals surface area (Å²) in [4.78, 5) is 23.8. The summed E-state index contributed by atoms with van der Waals surface area (Å²) in [5.74, 6) is 0.0973. The second-order valence-corrected chi connectivity index (χ2v) is 6.22. The first-order valence-electron chi connectivity index (χ1n) is 7.43. The van der Waals surface area contributed by atoms with Crippen LogP contribution in [-0.2, 0) is 16.1 Å². The molecule has 0 aliphatic carbocycles. The summed E-state index contributed by atoms with van der Waals surface area (Å²) in [5.41, 5.74) is 2.57. The highest BCUT2D eigenvalue weighted by atomic mass is 79.9. The van der Waals surface area contributed by atoms with Crippen molar-refractivity contribution in [2.75, 3.05) is 12.4 Å². The SMILES string of the molecule is COc1ccc(CNC(=O)CC(=O)Nc2ccc(Br)cc2C)cc1. The minimum atomic E-state index is -0.340. The van der Waals surface area contributed by atoms with Crippen LogP contribution in [0.15, 0.2) is 46.9 Å². The van der Waals surface area contributed by atoms with E-state index in [1.165, 1.54) is 0 Å². The van der Waals surface area contributed by atoms with Crippen LogP contribution >= 0.6 is 15.9 Å². The Bertz CT molecular complexity index is 730. The van der Waals surface area contributed by atoms with Gasteiger partial charge in [0.15, 0.2) is 0 Å². The molecular weight excluding hydrogens is 372 g/mol. The lowest BCUT2D eigenvalue weighted by molar-refractivity contribution is -0.126. The van der Waals surface area contributed by atoms with E-state index in [0.29, 0.717) is 12.2 Å². The monoisotopic (exact) mass is 390 g/mol. The molecule has 6 heteroatoms. The number of hydrogen-bond donors (Lipinski definition) is 2. The lowest BCUT2D eigenvalue weighted by atomic mass is 10.2. The fourth-order valence-corrected chi connectivity index (χ4v) is 2.59. The molecule has 0 saturated heterocycles. The summed E-state index contributed by atoms with van der Waals surface area (Å²) in [7, 11) is 1.60. The maximum Gasteiger partial charge on any atom is 0.233 e. The quantitative estimate of drug-likeness (QED) is 0.742. The minimum absolute atomic E-state index is 0.217. The molecular formula is C18H19BrN2O3. The maximum absolute atomic E-state index is 12.0. The Morgan fingerprint density at radius 1 is 1.08 bits per heavy atom. The average molecular weight is 391 g/mol. The molecule has 2 N–H and O–H groups in total. The molecule has 0 aliphatic rings. The molecule has 2 rings (SSSR count). The van der Waals surface area contributed by atoms with Crippen LogP contribution in [0.3, 0.4) is 0 Å². The van der Waals surface area contributed by atoms with Crippen molar-refractivity contribution in [3.8, 4) is 5.75 Å². The molecule has 0 spiro atoms. The molecule has 5 nitrogen and oxygen atoms in total. The molecule has 0 bridgehead atoms. The first-order chi connectivity index (χ1) is 11.5. The third-order valence-corrected chi connectivity index (χ3v) is 3.93. The molecule has 0 heterocycles. The third-order valence-electron chi connectivity index (χ3n) is 3.43. The zero-order chi connectivity index (χ0) is 17.5. The van der Waals surface area contributed by atoms with E-state index in [0.717, 1.165) is 21.3 Å². The number of nitrogens with one attached hydrogen (secondary N) is 2. The number of rotatable bonds is 6. The van der Waals surface area contributed by atoms with Crippen LogP contribution in [0.25, 0.3) is 0 Å². The molecule has 0 atom stereocenters. The normalized spacial score (nSPS) is 10.1. The Kier molecular flexibility index (Phi) is 6.37. The highest BCUT2D eigenvalue weighted by Crippen LogP contribution is 2.20. The van der Waals surface area contributed by atoms with Crippen molar-refractivity contribution >= 4 is 33.4 Å². The van der Waals surface area contributed by atoms with Gasteiger partial charge in [-0.2, -0.15) is 0 Å². The highest BCUT2D eigenvalue weighted by molar-refractivity contribution is 9.10. The predicted octanol–water partition coefficient (Wildman–Crippen LogP) is 3.41. The van der Waals surface area contributed by atoms with Crippen LogP contribution in [0.5, 0.6) is 5.75 Å². The van der Waals surface area contributed by atoms with Gasteiger partial charge in [0, 0.05) is 16.7 Å². The van der Waals surface area contributed by atoms with Gasteiger partial charge < -0.3 is 15.4 Å². The van der Waals surface area contributed by atoms with Crippen molar-refractivity contribution in [2.45, 2.75) is 19.9 Å². The van der Waals surface area contributed by atoms with Gasteiger partial charge in [-0.05, 0) is 48.4 Å². The molecule has 2 aromatic rings. The fraction of sp³-hybridized carbons (Fsp3) is 0.222. The zero-order valence-corrected chi connectivity index (χ0v) is 15.1. The first kappa shape index (κ1) is 18.0. The molecule has 126 valence electrons. The van der Waals surface area contributed by atoms with E-state index >= 15 is 0 Å². The maximum atomic E-state index is 12.0. The molecule has 0 aliphatic heterocycles. The van der Waals surface area contributed by atoms with Crippen molar-refractivity contribution in [3.05, 3.63) is 58.1 Å². The third kappa shape index (κ3) is 5.38. The molecule has 2 amide bonds.